The molecule has 4 rings (SSSR count). The Morgan fingerprint density at radius 1 is 1.26 bits per heavy atom. The maximum absolute atomic E-state index is 12.0. The van der Waals surface area contributed by atoms with E-state index in [4.69, 9.17) is 21.1 Å². The molecule has 1 aromatic carbocycles. The fourth-order valence-electron chi connectivity index (χ4n) is 2.36. The van der Waals surface area contributed by atoms with Crippen molar-refractivity contribution in [1.29, 1.82) is 0 Å². The minimum absolute atomic E-state index is 0.0960. The average Bonchev–Trinajstić information content (AvgIpc) is 3.02. The first-order valence-electron chi connectivity index (χ1n) is 6.99. The highest BCUT2D eigenvalue weighted by Gasteiger charge is 2.15. The van der Waals surface area contributed by atoms with Crippen LogP contribution in [0.3, 0.4) is 0 Å². The van der Waals surface area contributed by atoms with E-state index in [1.54, 1.807) is 18.3 Å². The lowest BCUT2D eigenvalue weighted by molar-refractivity contribution is 0.171. The number of thiazole rings is 1. The Hall–Kier alpha value is -2.25. The summed E-state index contributed by atoms with van der Waals surface area (Å²) in [6.45, 7) is 1.43. The minimum Gasteiger partial charge on any atom is -0.486 e. The summed E-state index contributed by atoms with van der Waals surface area (Å²) in [6.07, 6.45) is 1.71. The van der Waals surface area contributed by atoms with Gasteiger partial charge in [-0.3, -0.25) is 9.20 Å². The largest absolute Gasteiger partial charge is 0.486 e. The fourth-order valence-corrected chi connectivity index (χ4v) is 3.32. The first-order valence-corrected chi connectivity index (χ1v) is 8.25. The van der Waals surface area contributed by atoms with Gasteiger partial charge >= 0.3 is 0 Å². The van der Waals surface area contributed by atoms with Crippen LogP contribution in [0.1, 0.15) is 5.69 Å². The van der Waals surface area contributed by atoms with Gasteiger partial charge in [-0.05, 0) is 0 Å². The normalized spacial score (nSPS) is 13.3. The number of nitrogens with one attached hydrogen (secondary N) is 1. The first kappa shape index (κ1) is 14.3. The van der Waals surface area contributed by atoms with Gasteiger partial charge in [-0.1, -0.05) is 11.6 Å². The predicted octanol–water partition coefficient (Wildman–Crippen LogP) is 2.79. The van der Waals surface area contributed by atoms with E-state index in [1.807, 2.05) is 5.38 Å². The summed E-state index contributed by atoms with van der Waals surface area (Å²) in [7, 11) is 0. The number of rotatable bonds is 3. The Balaban J connectivity index is 1.59. The van der Waals surface area contributed by atoms with E-state index >= 15 is 0 Å². The summed E-state index contributed by atoms with van der Waals surface area (Å²) < 4.78 is 12.6. The molecule has 0 unspecified atom stereocenters. The van der Waals surface area contributed by atoms with Crippen LogP contribution >= 0.6 is 22.9 Å². The molecule has 1 N–H and O–H groups in total. The fraction of sp³-hybridized carbons (Fsp3) is 0.200. The van der Waals surface area contributed by atoms with Crippen molar-refractivity contribution in [3.8, 4) is 11.5 Å². The molecule has 6 nitrogen and oxygen atoms in total. The number of fused-ring (bicyclic) bond motifs is 2. The standard InChI is InChI=1S/C15H12ClN3O3S/c16-10-6-12-13(22-3-2-21-12)7-11(10)17-8-9-5-14(20)19-1-4-23-15(19)18-9/h1,4-7,17H,2-3,8H2. The highest BCUT2D eigenvalue weighted by molar-refractivity contribution is 7.15. The van der Waals surface area contributed by atoms with Crippen molar-refractivity contribution in [3.05, 3.63) is 50.8 Å². The van der Waals surface area contributed by atoms with Crippen LogP contribution in [0.4, 0.5) is 5.69 Å². The molecule has 3 heterocycles. The zero-order chi connectivity index (χ0) is 15.8. The molecule has 0 spiro atoms. The Kier molecular flexibility index (Phi) is 3.59. The zero-order valence-corrected chi connectivity index (χ0v) is 13.5. The topological polar surface area (TPSA) is 64.9 Å². The Bertz CT molecular complexity index is 937. The molecule has 3 aromatic rings. The first-order chi connectivity index (χ1) is 11.2. The van der Waals surface area contributed by atoms with Crippen LogP contribution in [0.5, 0.6) is 11.5 Å². The lowest BCUT2D eigenvalue weighted by atomic mass is 10.2. The molecular formula is C15H12ClN3O3S. The summed E-state index contributed by atoms with van der Waals surface area (Å²) in [6, 6.07) is 5.04. The lowest BCUT2D eigenvalue weighted by Crippen LogP contribution is -2.16. The molecule has 118 valence electrons. The van der Waals surface area contributed by atoms with Gasteiger partial charge in [0, 0.05) is 29.8 Å². The van der Waals surface area contributed by atoms with Crippen molar-refractivity contribution in [2.45, 2.75) is 6.54 Å². The highest BCUT2D eigenvalue weighted by atomic mass is 35.5. The van der Waals surface area contributed by atoms with Crippen molar-refractivity contribution in [3.63, 3.8) is 0 Å². The summed E-state index contributed by atoms with van der Waals surface area (Å²) in [5, 5.41) is 5.55. The summed E-state index contributed by atoms with van der Waals surface area (Å²) in [4.78, 5) is 17.1. The van der Waals surface area contributed by atoms with Gasteiger partial charge in [-0.25, -0.2) is 4.98 Å². The number of aromatic nitrogens is 2. The Morgan fingerprint density at radius 2 is 2.04 bits per heavy atom. The van der Waals surface area contributed by atoms with Crippen LogP contribution in [0.15, 0.2) is 34.6 Å². The third-order valence-electron chi connectivity index (χ3n) is 3.45. The molecule has 8 heteroatoms. The Labute approximate surface area is 140 Å². The van der Waals surface area contributed by atoms with E-state index in [9.17, 15) is 4.79 Å². The van der Waals surface area contributed by atoms with Crippen LogP contribution in [0.25, 0.3) is 4.96 Å². The van der Waals surface area contributed by atoms with E-state index in [1.165, 1.54) is 21.8 Å². The van der Waals surface area contributed by atoms with Crippen molar-refractivity contribution >= 4 is 33.6 Å². The molecule has 0 saturated heterocycles. The van der Waals surface area contributed by atoms with E-state index < -0.39 is 0 Å². The SMILES string of the molecule is O=c1cc(CNc2cc3c(cc2Cl)OCCO3)nc2sccn12. The van der Waals surface area contributed by atoms with Gasteiger partial charge in [0.25, 0.3) is 5.56 Å². The third kappa shape index (κ3) is 2.73. The second-order valence-electron chi connectivity index (χ2n) is 4.97. The number of hydrogen-bond donors (Lipinski definition) is 1. The molecule has 0 atom stereocenters. The molecule has 0 fully saturated rings. The van der Waals surface area contributed by atoms with Gasteiger partial charge in [0.05, 0.1) is 22.9 Å². The average molecular weight is 350 g/mol. The highest BCUT2D eigenvalue weighted by Crippen LogP contribution is 2.38. The number of hydrogen-bond acceptors (Lipinski definition) is 6. The summed E-state index contributed by atoms with van der Waals surface area (Å²) >= 11 is 7.67. The van der Waals surface area contributed by atoms with Gasteiger partial charge in [0.2, 0.25) is 0 Å². The lowest BCUT2D eigenvalue weighted by Gasteiger charge is -2.20. The molecule has 0 saturated carbocycles. The van der Waals surface area contributed by atoms with Crippen LogP contribution in [-0.4, -0.2) is 22.6 Å². The molecular weight excluding hydrogens is 338 g/mol. The van der Waals surface area contributed by atoms with Crippen LogP contribution in [0, 0.1) is 0 Å². The Morgan fingerprint density at radius 3 is 2.87 bits per heavy atom. The van der Waals surface area contributed by atoms with Crippen LogP contribution in [-0.2, 0) is 6.54 Å². The van der Waals surface area contributed by atoms with Crippen molar-refractivity contribution in [2.75, 3.05) is 18.5 Å². The van der Waals surface area contributed by atoms with Crippen LogP contribution in [0.2, 0.25) is 5.02 Å². The van der Waals surface area contributed by atoms with Gasteiger partial charge in [0.1, 0.15) is 13.2 Å². The van der Waals surface area contributed by atoms with Gasteiger partial charge < -0.3 is 14.8 Å². The number of anilines is 1. The summed E-state index contributed by atoms with van der Waals surface area (Å²) in [5.41, 5.74) is 1.27. The van der Waals surface area contributed by atoms with E-state index in [2.05, 4.69) is 10.3 Å². The van der Waals surface area contributed by atoms with E-state index in [0.717, 1.165) is 0 Å². The monoisotopic (exact) mass is 349 g/mol. The molecule has 1 aliphatic heterocycles. The second kappa shape index (κ2) is 5.75. The number of benzene rings is 1. The summed E-state index contributed by atoms with van der Waals surface area (Å²) in [5.74, 6) is 1.30. The van der Waals surface area contributed by atoms with Gasteiger partial charge in [-0.2, -0.15) is 0 Å². The van der Waals surface area contributed by atoms with Crippen molar-refractivity contribution in [2.24, 2.45) is 0 Å². The van der Waals surface area contributed by atoms with Gasteiger partial charge in [-0.15, -0.1) is 11.3 Å². The smallest absolute Gasteiger partial charge is 0.258 e. The molecule has 0 radical (unpaired) electrons. The van der Waals surface area contributed by atoms with E-state index in [0.29, 0.717) is 52.6 Å². The maximum atomic E-state index is 12.0. The molecule has 0 bridgehead atoms. The third-order valence-corrected chi connectivity index (χ3v) is 4.52. The van der Waals surface area contributed by atoms with Crippen LogP contribution < -0.4 is 20.3 Å². The molecule has 0 aliphatic carbocycles. The van der Waals surface area contributed by atoms with Gasteiger partial charge in [0.15, 0.2) is 16.5 Å². The zero-order valence-electron chi connectivity index (χ0n) is 11.9. The maximum Gasteiger partial charge on any atom is 0.258 e. The molecule has 0 amide bonds. The second-order valence-corrected chi connectivity index (χ2v) is 6.25. The molecule has 2 aromatic heterocycles. The van der Waals surface area contributed by atoms with E-state index in [-0.39, 0.29) is 5.56 Å². The van der Waals surface area contributed by atoms with Crippen molar-refractivity contribution in [1.82, 2.24) is 9.38 Å². The number of ether oxygens (including phenoxy) is 2. The minimum atomic E-state index is -0.0960. The molecule has 1 aliphatic rings. The quantitative estimate of drug-likeness (QED) is 0.787. The number of nitrogens with zero attached hydrogens (tertiary/aromatic N) is 2. The molecule has 23 heavy (non-hydrogen) atoms. The predicted molar refractivity (Wildman–Crippen MR) is 89.1 cm³/mol. The number of halogens is 1. The van der Waals surface area contributed by atoms with Crippen molar-refractivity contribution < 1.29 is 9.47 Å².